The monoisotopic (exact) mass is 514 g/mol. The van der Waals surface area contributed by atoms with Crippen molar-refractivity contribution in [1.29, 1.82) is 0 Å². The molecule has 0 radical (unpaired) electrons. The fourth-order valence-corrected chi connectivity index (χ4v) is 4.70. The van der Waals surface area contributed by atoms with E-state index in [9.17, 15) is 9.18 Å². The van der Waals surface area contributed by atoms with Crippen molar-refractivity contribution in [3.63, 3.8) is 0 Å². The average Bonchev–Trinajstić information content (AvgIpc) is 3.44. The van der Waals surface area contributed by atoms with Crippen molar-refractivity contribution in [3.05, 3.63) is 90.3 Å². The lowest BCUT2D eigenvalue weighted by atomic mass is 10.0. The van der Waals surface area contributed by atoms with Crippen LogP contribution in [0.15, 0.2) is 73.1 Å². The van der Waals surface area contributed by atoms with Crippen molar-refractivity contribution in [3.8, 4) is 22.5 Å². The fraction of sp³-hybridized carbons (Fsp3) is 0.300. The van der Waals surface area contributed by atoms with Crippen LogP contribution in [-0.2, 0) is 22.5 Å². The first-order valence-electron chi connectivity index (χ1n) is 12.7. The Morgan fingerprint density at radius 1 is 1.08 bits per heavy atom. The molecule has 2 aromatic carbocycles. The minimum atomic E-state index is -0.566. The van der Waals surface area contributed by atoms with Gasteiger partial charge in [0.05, 0.1) is 30.6 Å². The molecule has 0 bridgehead atoms. The Kier molecular flexibility index (Phi) is 7.24. The third-order valence-corrected chi connectivity index (χ3v) is 6.27. The number of nitrogens with one attached hydrogen (secondary N) is 1. The number of pyridine rings is 1. The highest BCUT2D eigenvalue weighted by Gasteiger charge is 2.30. The van der Waals surface area contributed by atoms with Crippen LogP contribution in [-0.4, -0.2) is 32.8 Å². The summed E-state index contributed by atoms with van der Waals surface area (Å²) in [5.41, 5.74) is 4.73. The van der Waals surface area contributed by atoms with E-state index in [-0.39, 0.29) is 11.9 Å². The number of anilines is 1. The zero-order valence-corrected chi connectivity index (χ0v) is 21.8. The van der Waals surface area contributed by atoms with Gasteiger partial charge in [-0.3, -0.25) is 10.3 Å². The number of imidazole rings is 1. The zero-order valence-electron chi connectivity index (χ0n) is 21.8. The van der Waals surface area contributed by atoms with E-state index < -0.39 is 11.7 Å². The van der Waals surface area contributed by atoms with E-state index in [4.69, 9.17) is 14.5 Å². The Balaban J connectivity index is 1.32. The molecule has 0 saturated carbocycles. The van der Waals surface area contributed by atoms with Gasteiger partial charge in [-0.2, -0.15) is 0 Å². The van der Waals surface area contributed by atoms with Crippen LogP contribution in [0.4, 0.5) is 14.9 Å². The normalized spacial score (nSPS) is 14.8. The number of amides is 1. The molecular weight excluding hydrogens is 483 g/mol. The summed E-state index contributed by atoms with van der Waals surface area (Å²) in [4.78, 5) is 21.2. The van der Waals surface area contributed by atoms with Crippen molar-refractivity contribution in [2.24, 2.45) is 0 Å². The Morgan fingerprint density at radius 2 is 1.84 bits per heavy atom. The maximum atomic E-state index is 13.6. The van der Waals surface area contributed by atoms with Gasteiger partial charge >= 0.3 is 6.09 Å². The van der Waals surface area contributed by atoms with Crippen LogP contribution in [0.1, 0.15) is 44.6 Å². The van der Waals surface area contributed by atoms with Crippen LogP contribution in [0, 0.1) is 5.82 Å². The van der Waals surface area contributed by atoms with E-state index in [1.165, 1.54) is 12.1 Å². The van der Waals surface area contributed by atoms with Crippen molar-refractivity contribution in [1.82, 2.24) is 14.5 Å². The number of fused-ring (bicyclic) bond motifs is 1. The summed E-state index contributed by atoms with van der Waals surface area (Å²) >= 11 is 0. The number of carbonyl (C=O) groups excluding carboxylic acids is 1. The number of aryl methyl sites for hydroxylation is 1. The molecular formula is C30H31FN4O3. The Hall–Kier alpha value is -4.04. The van der Waals surface area contributed by atoms with Crippen LogP contribution >= 0.6 is 0 Å². The van der Waals surface area contributed by atoms with Gasteiger partial charge in [-0.25, -0.2) is 14.2 Å². The topological polar surface area (TPSA) is 78.3 Å². The lowest BCUT2D eigenvalue weighted by molar-refractivity contribution is 0.0635. The molecule has 0 spiro atoms. The molecule has 1 N–H and O–H groups in total. The van der Waals surface area contributed by atoms with Crippen LogP contribution in [0.5, 0.6) is 0 Å². The van der Waals surface area contributed by atoms with Gasteiger partial charge in [-0.15, -0.1) is 0 Å². The minimum Gasteiger partial charge on any atom is -0.444 e. The third-order valence-electron chi connectivity index (χ3n) is 6.27. The summed E-state index contributed by atoms with van der Waals surface area (Å²) < 4.78 is 27.4. The molecule has 196 valence electrons. The van der Waals surface area contributed by atoms with Gasteiger partial charge in [0, 0.05) is 35.6 Å². The van der Waals surface area contributed by atoms with E-state index in [1.54, 1.807) is 24.5 Å². The van der Waals surface area contributed by atoms with Gasteiger partial charge < -0.3 is 14.0 Å². The molecule has 0 aliphatic carbocycles. The molecule has 1 aliphatic rings. The molecule has 38 heavy (non-hydrogen) atoms. The summed E-state index contributed by atoms with van der Waals surface area (Å²) in [5, 5.41) is 2.77. The molecule has 0 fully saturated rings. The zero-order chi connectivity index (χ0) is 26.7. The molecule has 1 atom stereocenters. The maximum Gasteiger partial charge on any atom is 0.412 e. The second-order valence-electron chi connectivity index (χ2n) is 10.4. The number of ether oxygens (including phenoxy) is 2. The summed E-state index contributed by atoms with van der Waals surface area (Å²) in [7, 11) is 0. The lowest BCUT2D eigenvalue weighted by Crippen LogP contribution is -2.27. The van der Waals surface area contributed by atoms with Gasteiger partial charge in [0.2, 0.25) is 0 Å². The van der Waals surface area contributed by atoms with Gasteiger partial charge in [-0.05, 0) is 81.3 Å². The maximum absolute atomic E-state index is 13.6. The van der Waals surface area contributed by atoms with E-state index in [1.807, 2.05) is 57.2 Å². The molecule has 7 nitrogen and oxygen atoms in total. The van der Waals surface area contributed by atoms with Gasteiger partial charge in [-0.1, -0.05) is 12.1 Å². The van der Waals surface area contributed by atoms with Crippen molar-refractivity contribution in [2.75, 3.05) is 11.9 Å². The fourth-order valence-electron chi connectivity index (χ4n) is 4.70. The molecule has 0 unspecified atom stereocenters. The molecule has 3 heterocycles. The number of carbonyl (C=O) groups is 1. The van der Waals surface area contributed by atoms with Crippen LogP contribution in [0.2, 0.25) is 0 Å². The molecule has 4 aromatic rings. The van der Waals surface area contributed by atoms with Crippen LogP contribution in [0.25, 0.3) is 22.5 Å². The predicted octanol–water partition coefficient (Wildman–Crippen LogP) is 6.80. The number of nitrogens with zero attached hydrogens (tertiary/aromatic N) is 3. The van der Waals surface area contributed by atoms with Crippen molar-refractivity contribution < 1.29 is 18.7 Å². The molecule has 1 aliphatic heterocycles. The lowest BCUT2D eigenvalue weighted by Gasteiger charge is -2.20. The molecule has 8 heteroatoms. The Bertz CT molecular complexity index is 1410. The largest absolute Gasteiger partial charge is 0.444 e. The molecule has 5 rings (SSSR count). The minimum absolute atomic E-state index is 0.109. The van der Waals surface area contributed by atoms with E-state index in [2.05, 4.69) is 14.9 Å². The first-order chi connectivity index (χ1) is 18.3. The highest BCUT2D eigenvalue weighted by Crippen LogP contribution is 2.39. The van der Waals surface area contributed by atoms with E-state index in [0.717, 1.165) is 46.7 Å². The number of benzene rings is 2. The first kappa shape index (κ1) is 25.6. The standard InChI is InChI=1S/C30H31FN4O3/c1-30(2,3)38-29(36)33-24-6-4-5-20(17-24)18-37-19-25-11-12-26-34-27(21-7-9-23(31)10-8-21)28(35(25)26)22-13-15-32-16-14-22/h4-10,13-17,25H,11-12,18-19H2,1-3H3,(H,33,36)/t25-/m0/s1. The van der Waals surface area contributed by atoms with E-state index in [0.29, 0.717) is 18.9 Å². The molecule has 1 amide bonds. The predicted molar refractivity (Wildman–Crippen MR) is 144 cm³/mol. The Labute approximate surface area is 221 Å². The highest BCUT2D eigenvalue weighted by atomic mass is 19.1. The summed E-state index contributed by atoms with van der Waals surface area (Å²) in [5.74, 6) is 0.718. The van der Waals surface area contributed by atoms with Crippen molar-refractivity contribution in [2.45, 2.75) is 51.9 Å². The molecule has 0 saturated heterocycles. The smallest absolute Gasteiger partial charge is 0.412 e. The number of aromatic nitrogens is 3. The Morgan fingerprint density at radius 3 is 2.58 bits per heavy atom. The van der Waals surface area contributed by atoms with E-state index >= 15 is 0 Å². The van der Waals surface area contributed by atoms with Crippen LogP contribution in [0.3, 0.4) is 0 Å². The first-order valence-corrected chi connectivity index (χ1v) is 12.7. The summed E-state index contributed by atoms with van der Waals surface area (Å²) in [6.07, 6.45) is 4.80. The number of hydrogen-bond acceptors (Lipinski definition) is 5. The third kappa shape index (κ3) is 5.92. The summed E-state index contributed by atoms with van der Waals surface area (Å²) in [6.45, 7) is 6.39. The van der Waals surface area contributed by atoms with Gasteiger partial charge in [0.15, 0.2) is 0 Å². The van der Waals surface area contributed by atoms with Gasteiger partial charge in [0.1, 0.15) is 17.2 Å². The van der Waals surface area contributed by atoms with Crippen molar-refractivity contribution >= 4 is 11.8 Å². The highest BCUT2D eigenvalue weighted by molar-refractivity contribution is 5.85. The number of hydrogen-bond donors (Lipinski definition) is 1. The molecule has 2 aromatic heterocycles. The average molecular weight is 515 g/mol. The SMILES string of the molecule is CC(C)(C)OC(=O)Nc1cccc(COC[C@@H]2CCc3nc(-c4ccc(F)cc4)c(-c4ccncc4)n32)c1. The van der Waals surface area contributed by atoms with Crippen LogP contribution < -0.4 is 5.32 Å². The van der Waals surface area contributed by atoms with Gasteiger partial charge in [0.25, 0.3) is 0 Å². The number of rotatable bonds is 7. The number of halogens is 1. The second kappa shape index (κ2) is 10.8. The summed E-state index contributed by atoms with van der Waals surface area (Å²) in [6, 6.07) is 18.1. The second-order valence-corrected chi connectivity index (χ2v) is 10.4. The quantitative estimate of drug-likeness (QED) is 0.293.